The maximum atomic E-state index is 13.1. The van der Waals surface area contributed by atoms with Crippen molar-refractivity contribution in [2.75, 3.05) is 26.3 Å². The highest BCUT2D eigenvalue weighted by Gasteiger charge is 2.27. The average molecular weight is 422 g/mol. The van der Waals surface area contributed by atoms with E-state index in [0.29, 0.717) is 36.2 Å². The Morgan fingerprint density at radius 3 is 2.45 bits per heavy atom. The lowest BCUT2D eigenvalue weighted by atomic mass is 9.95. The molecule has 0 radical (unpaired) electrons. The normalized spacial score (nSPS) is 14.7. The predicted octanol–water partition coefficient (Wildman–Crippen LogP) is 5.16. The lowest BCUT2D eigenvalue weighted by molar-refractivity contribution is 0.0710. The summed E-state index contributed by atoms with van der Waals surface area (Å²) in [5, 5.41) is 0. The quantitative estimate of drug-likeness (QED) is 0.545. The van der Waals surface area contributed by atoms with Crippen molar-refractivity contribution in [3.63, 3.8) is 0 Å². The summed E-state index contributed by atoms with van der Waals surface area (Å²) >= 11 is 0. The third-order valence-corrected chi connectivity index (χ3v) is 5.69. The van der Waals surface area contributed by atoms with Crippen molar-refractivity contribution in [3.05, 3.63) is 53.9 Å². The number of hydrogen-bond acceptors (Lipinski definition) is 4. The number of carbonyl (C=O) groups is 1. The van der Waals surface area contributed by atoms with Crippen LogP contribution in [0.5, 0.6) is 11.5 Å². The van der Waals surface area contributed by atoms with Crippen LogP contribution in [0.2, 0.25) is 0 Å². The van der Waals surface area contributed by atoms with Crippen molar-refractivity contribution >= 4 is 16.9 Å². The zero-order chi connectivity index (χ0) is 21.6. The molecule has 2 aromatic carbocycles. The van der Waals surface area contributed by atoms with Gasteiger partial charge in [0.2, 0.25) is 0 Å². The Bertz CT molecular complexity index is 989. The summed E-state index contributed by atoms with van der Waals surface area (Å²) in [7, 11) is 0. The van der Waals surface area contributed by atoms with E-state index >= 15 is 0 Å². The van der Waals surface area contributed by atoms with Crippen LogP contribution in [0.3, 0.4) is 0 Å². The van der Waals surface area contributed by atoms with Crippen molar-refractivity contribution in [1.29, 1.82) is 0 Å². The number of H-pyrrole nitrogens is 1. The fourth-order valence-electron chi connectivity index (χ4n) is 4.00. The van der Waals surface area contributed by atoms with Crippen LogP contribution in [-0.4, -0.2) is 47.1 Å². The first kappa shape index (κ1) is 21.2. The highest BCUT2D eigenvalue weighted by atomic mass is 16.5. The molecule has 4 rings (SSSR count). The minimum Gasteiger partial charge on any atom is -0.490 e. The molecule has 6 heteroatoms. The zero-order valence-electron chi connectivity index (χ0n) is 18.4. The molecule has 1 aromatic heterocycles. The fourth-order valence-corrected chi connectivity index (χ4v) is 4.00. The predicted molar refractivity (Wildman–Crippen MR) is 122 cm³/mol. The van der Waals surface area contributed by atoms with Gasteiger partial charge in [-0.25, -0.2) is 4.98 Å². The Morgan fingerprint density at radius 1 is 1.03 bits per heavy atom. The van der Waals surface area contributed by atoms with E-state index in [1.807, 2.05) is 41.3 Å². The van der Waals surface area contributed by atoms with Crippen molar-refractivity contribution in [2.45, 2.75) is 45.4 Å². The number of nitrogens with one attached hydrogen (secondary N) is 1. The van der Waals surface area contributed by atoms with Crippen LogP contribution >= 0.6 is 0 Å². The van der Waals surface area contributed by atoms with E-state index in [1.165, 1.54) is 0 Å². The summed E-state index contributed by atoms with van der Waals surface area (Å²) in [6.07, 6.45) is 3.64. The van der Waals surface area contributed by atoms with E-state index in [9.17, 15) is 4.79 Å². The molecule has 0 unspecified atom stereocenters. The highest BCUT2D eigenvalue weighted by Crippen LogP contribution is 2.31. The molecule has 6 nitrogen and oxygen atoms in total. The molecular weight excluding hydrogens is 390 g/mol. The maximum Gasteiger partial charge on any atom is 0.253 e. The molecule has 2 heterocycles. The summed E-state index contributed by atoms with van der Waals surface area (Å²) in [4.78, 5) is 23.3. The standard InChI is InChI=1S/C25H31N3O3/c1-3-15-30-22-10-9-19(17-23(22)31-16-4-2)25(29)28-13-11-18(12-14-28)24-26-20-7-5-6-8-21(20)27-24/h5-10,17-18H,3-4,11-16H2,1-2H3,(H,26,27). The Balaban J connectivity index is 1.42. The molecule has 1 aliphatic heterocycles. The number of amides is 1. The summed E-state index contributed by atoms with van der Waals surface area (Å²) < 4.78 is 11.6. The van der Waals surface area contributed by atoms with Gasteiger partial charge in [-0.3, -0.25) is 4.79 Å². The van der Waals surface area contributed by atoms with E-state index in [1.54, 1.807) is 0 Å². The number of rotatable bonds is 8. The number of para-hydroxylation sites is 2. The monoisotopic (exact) mass is 421 g/mol. The second kappa shape index (κ2) is 9.86. The SMILES string of the molecule is CCCOc1ccc(C(=O)N2CCC(c3nc4ccccc4[nH]3)CC2)cc1OCCC. The molecule has 31 heavy (non-hydrogen) atoms. The van der Waals surface area contributed by atoms with Gasteiger partial charge in [0.1, 0.15) is 5.82 Å². The number of piperidine rings is 1. The van der Waals surface area contributed by atoms with Crippen LogP contribution in [0.1, 0.15) is 61.6 Å². The van der Waals surface area contributed by atoms with E-state index in [-0.39, 0.29) is 5.91 Å². The number of fused-ring (bicyclic) bond motifs is 1. The third-order valence-electron chi connectivity index (χ3n) is 5.69. The lowest BCUT2D eigenvalue weighted by Gasteiger charge is -2.31. The zero-order valence-corrected chi connectivity index (χ0v) is 18.4. The molecule has 0 bridgehead atoms. The molecule has 0 spiro atoms. The molecule has 0 atom stereocenters. The van der Waals surface area contributed by atoms with Crippen molar-refractivity contribution < 1.29 is 14.3 Å². The molecular formula is C25H31N3O3. The van der Waals surface area contributed by atoms with Crippen LogP contribution < -0.4 is 9.47 Å². The molecule has 0 saturated carbocycles. The van der Waals surface area contributed by atoms with Gasteiger partial charge >= 0.3 is 0 Å². The van der Waals surface area contributed by atoms with Gasteiger partial charge in [0, 0.05) is 24.6 Å². The molecule has 0 aliphatic carbocycles. The van der Waals surface area contributed by atoms with Gasteiger partial charge in [0.05, 0.1) is 24.2 Å². The fraction of sp³-hybridized carbons (Fsp3) is 0.440. The first-order valence-corrected chi connectivity index (χ1v) is 11.3. The number of aromatic nitrogens is 2. The van der Waals surface area contributed by atoms with Crippen LogP contribution in [-0.2, 0) is 0 Å². The van der Waals surface area contributed by atoms with Crippen molar-refractivity contribution in [3.8, 4) is 11.5 Å². The van der Waals surface area contributed by atoms with Gasteiger partial charge in [-0.2, -0.15) is 0 Å². The number of imidazole rings is 1. The van der Waals surface area contributed by atoms with Crippen molar-refractivity contribution in [2.24, 2.45) is 0 Å². The van der Waals surface area contributed by atoms with E-state index < -0.39 is 0 Å². The van der Waals surface area contributed by atoms with E-state index in [0.717, 1.165) is 55.6 Å². The smallest absolute Gasteiger partial charge is 0.253 e. The molecule has 1 N–H and O–H groups in total. The third kappa shape index (κ3) is 4.84. The Kier molecular flexibility index (Phi) is 6.75. The van der Waals surface area contributed by atoms with Crippen LogP contribution in [0.15, 0.2) is 42.5 Å². The summed E-state index contributed by atoms with van der Waals surface area (Å²) in [6.45, 7) is 6.81. The summed E-state index contributed by atoms with van der Waals surface area (Å²) in [5.41, 5.74) is 2.72. The van der Waals surface area contributed by atoms with E-state index in [4.69, 9.17) is 14.5 Å². The van der Waals surface area contributed by atoms with Gasteiger partial charge in [0.15, 0.2) is 11.5 Å². The summed E-state index contributed by atoms with van der Waals surface area (Å²) in [6, 6.07) is 13.6. The Labute approximate surface area is 183 Å². The lowest BCUT2D eigenvalue weighted by Crippen LogP contribution is -2.38. The van der Waals surface area contributed by atoms with Gasteiger partial charge < -0.3 is 19.4 Å². The number of ether oxygens (including phenoxy) is 2. The second-order valence-corrected chi connectivity index (χ2v) is 8.06. The molecule has 1 saturated heterocycles. The largest absolute Gasteiger partial charge is 0.490 e. The molecule has 1 fully saturated rings. The number of likely N-dealkylation sites (tertiary alicyclic amines) is 1. The molecule has 164 valence electrons. The highest BCUT2D eigenvalue weighted by molar-refractivity contribution is 5.95. The van der Waals surface area contributed by atoms with Crippen LogP contribution in [0, 0.1) is 0 Å². The minimum atomic E-state index is 0.0476. The Hall–Kier alpha value is -3.02. The maximum absolute atomic E-state index is 13.1. The average Bonchev–Trinajstić information content (AvgIpc) is 3.25. The first-order chi connectivity index (χ1) is 15.2. The molecule has 1 amide bonds. The number of carbonyl (C=O) groups excluding carboxylic acids is 1. The number of nitrogens with zero attached hydrogens (tertiary/aromatic N) is 2. The first-order valence-electron chi connectivity index (χ1n) is 11.3. The van der Waals surface area contributed by atoms with Gasteiger partial charge in [-0.1, -0.05) is 26.0 Å². The van der Waals surface area contributed by atoms with Gasteiger partial charge in [-0.05, 0) is 56.0 Å². The minimum absolute atomic E-state index is 0.0476. The molecule has 3 aromatic rings. The Morgan fingerprint density at radius 2 is 1.74 bits per heavy atom. The molecule has 1 aliphatic rings. The summed E-state index contributed by atoms with van der Waals surface area (Å²) in [5.74, 6) is 2.78. The van der Waals surface area contributed by atoms with Gasteiger partial charge in [0.25, 0.3) is 5.91 Å². The topological polar surface area (TPSA) is 67.5 Å². The second-order valence-electron chi connectivity index (χ2n) is 8.06. The van der Waals surface area contributed by atoms with Crippen LogP contribution in [0.25, 0.3) is 11.0 Å². The van der Waals surface area contributed by atoms with Gasteiger partial charge in [-0.15, -0.1) is 0 Å². The van der Waals surface area contributed by atoms with E-state index in [2.05, 4.69) is 24.9 Å². The number of aromatic amines is 1. The van der Waals surface area contributed by atoms with Crippen LogP contribution in [0.4, 0.5) is 0 Å². The van der Waals surface area contributed by atoms with Crippen molar-refractivity contribution in [1.82, 2.24) is 14.9 Å². The number of benzene rings is 2. The number of hydrogen-bond donors (Lipinski definition) is 1.